The number of aliphatic hydroxyl groups is 1. The molecule has 284 valence electrons. The van der Waals surface area contributed by atoms with E-state index < -0.39 is 30.0 Å². The topological polar surface area (TPSA) is 150 Å². The summed E-state index contributed by atoms with van der Waals surface area (Å²) in [7, 11) is -2.03. The van der Waals surface area contributed by atoms with Crippen molar-refractivity contribution in [2.24, 2.45) is 33.5 Å². The number of benzene rings is 2. The molecule has 6 rings (SSSR count). The van der Waals surface area contributed by atoms with E-state index in [4.69, 9.17) is 29.4 Å². The first-order chi connectivity index (χ1) is 23.9. The Kier molecular flexibility index (Phi) is 13.5. The first kappa shape index (κ1) is 41.2. The summed E-state index contributed by atoms with van der Waals surface area (Å²) in [5.74, 6) is 2.05. The van der Waals surface area contributed by atoms with Crippen LogP contribution in [0.2, 0.25) is 0 Å². The molecule has 4 unspecified atom stereocenters. The van der Waals surface area contributed by atoms with Crippen LogP contribution >= 0.6 is 10.7 Å². The fourth-order valence-electron chi connectivity index (χ4n) is 8.58. The minimum atomic E-state index is -3.73. The van der Waals surface area contributed by atoms with Gasteiger partial charge in [-0.15, -0.1) is 0 Å². The third-order valence-electron chi connectivity index (χ3n) is 12.0. The maximum absolute atomic E-state index is 12.4. The fourth-order valence-corrected chi connectivity index (χ4v) is 12.1. The normalized spacial score (nSPS) is 26.9. The van der Waals surface area contributed by atoms with E-state index in [2.05, 4.69) is 0 Å². The van der Waals surface area contributed by atoms with Crippen molar-refractivity contribution in [3.63, 3.8) is 0 Å². The van der Waals surface area contributed by atoms with Crippen LogP contribution in [-0.2, 0) is 32.9 Å². The van der Waals surface area contributed by atoms with E-state index in [1.807, 2.05) is 88.4 Å². The lowest BCUT2D eigenvalue weighted by Gasteiger charge is -2.35. The molecular weight excluding hydrogens is 716 g/mol. The zero-order chi connectivity index (χ0) is 37.6. The summed E-state index contributed by atoms with van der Waals surface area (Å²) in [4.78, 5) is 24.4. The van der Waals surface area contributed by atoms with Crippen LogP contribution in [0.15, 0.2) is 60.7 Å². The van der Waals surface area contributed by atoms with E-state index in [-0.39, 0.29) is 47.1 Å². The number of Topliss-reactive ketones (excluding diaryl/α,β-unsaturated/α-hetero) is 2. The predicted octanol–water partition coefficient (Wildman–Crippen LogP) is 6.60. The van der Waals surface area contributed by atoms with Gasteiger partial charge in [-0.3, -0.25) is 13.8 Å². The van der Waals surface area contributed by atoms with E-state index in [1.165, 1.54) is 0 Å². The number of ether oxygens (including phenoxy) is 2. The lowest BCUT2D eigenvalue weighted by molar-refractivity contribution is -0.128. The number of carbonyl (C=O) groups excluding carboxylic acids is 2. The van der Waals surface area contributed by atoms with Crippen LogP contribution in [0.3, 0.4) is 0 Å². The second-order valence-corrected chi connectivity index (χ2v) is 19.7. The Morgan fingerprint density at radius 1 is 0.686 bits per heavy atom. The minimum absolute atomic E-state index is 0.0727. The fraction of sp³-hybridized carbons (Fsp3) is 0.632. The molecule has 4 bridgehead atoms. The number of rotatable bonds is 14. The summed E-state index contributed by atoms with van der Waals surface area (Å²) in [5.41, 5.74) is -1.96. The SMILES string of the molecule is CC1(C)C2CCC1(CS(=O)(=O)Cl)C(=O)C2.CC1(C)C2CCC1(CS(=O)(=O)OCCCOc1ccccc1)C(=O)C2.OCCCOc1ccccc1. The molecule has 4 fully saturated rings. The highest BCUT2D eigenvalue weighted by Crippen LogP contribution is 2.65. The van der Waals surface area contributed by atoms with E-state index in [1.54, 1.807) is 0 Å². The number of carbonyl (C=O) groups is 2. The van der Waals surface area contributed by atoms with Crippen molar-refractivity contribution in [1.82, 2.24) is 0 Å². The van der Waals surface area contributed by atoms with Gasteiger partial charge >= 0.3 is 0 Å². The quantitative estimate of drug-likeness (QED) is 0.127. The minimum Gasteiger partial charge on any atom is -0.494 e. The number of halogens is 1. The number of para-hydroxylation sites is 2. The Labute approximate surface area is 308 Å². The van der Waals surface area contributed by atoms with Gasteiger partial charge in [0.25, 0.3) is 10.1 Å². The second-order valence-electron chi connectivity index (χ2n) is 15.3. The molecule has 0 spiro atoms. The van der Waals surface area contributed by atoms with Gasteiger partial charge in [-0.25, -0.2) is 8.42 Å². The number of ketones is 2. The molecule has 0 amide bonds. The van der Waals surface area contributed by atoms with Gasteiger partial charge in [0.15, 0.2) is 0 Å². The molecule has 51 heavy (non-hydrogen) atoms. The van der Waals surface area contributed by atoms with E-state index in [0.29, 0.717) is 63.6 Å². The second kappa shape index (κ2) is 16.7. The van der Waals surface area contributed by atoms with Crippen molar-refractivity contribution in [2.45, 2.75) is 79.1 Å². The molecule has 1 N–H and O–H groups in total. The molecule has 2 aromatic carbocycles. The number of hydrogen-bond donors (Lipinski definition) is 1. The first-order valence-corrected chi connectivity index (χ1v) is 21.8. The Balaban J connectivity index is 0.000000190. The van der Waals surface area contributed by atoms with Crippen LogP contribution in [0, 0.1) is 33.5 Å². The summed E-state index contributed by atoms with van der Waals surface area (Å²) in [6.45, 7) is 9.28. The monoisotopic (exact) mass is 768 g/mol. The Morgan fingerprint density at radius 3 is 1.49 bits per heavy atom. The molecule has 4 aliphatic carbocycles. The molecular formula is C38H53ClO10S2. The van der Waals surface area contributed by atoms with Crippen molar-refractivity contribution in [1.29, 1.82) is 0 Å². The average molecular weight is 769 g/mol. The van der Waals surface area contributed by atoms with Crippen LogP contribution in [0.25, 0.3) is 0 Å². The van der Waals surface area contributed by atoms with E-state index >= 15 is 0 Å². The lowest BCUT2D eigenvalue weighted by atomic mass is 9.70. The van der Waals surface area contributed by atoms with Crippen LogP contribution in [0.1, 0.15) is 79.1 Å². The van der Waals surface area contributed by atoms with Gasteiger partial charge in [0.2, 0.25) is 9.05 Å². The summed E-state index contributed by atoms with van der Waals surface area (Å²) >= 11 is 0. The Morgan fingerprint density at radius 2 is 1.12 bits per heavy atom. The summed E-state index contributed by atoms with van der Waals surface area (Å²) in [6, 6.07) is 19.0. The molecule has 0 radical (unpaired) electrons. The lowest BCUT2D eigenvalue weighted by Crippen LogP contribution is -2.42. The molecule has 0 aliphatic heterocycles. The van der Waals surface area contributed by atoms with Crippen molar-refractivity contribution in [3.8, 4) is 11.5 Å². The van der Waals surface area contributed by atoms with Gasteiger partial charge in [0.05, 0.1) is 36.7 Å². The molecule has 0 heterocycles. The number of fused-ring (bicyclic) bond motifs is 4. The van der Waals surface area contributed by atoms with Crippen molar-refractivity contribution >= 4 is 41.4 Å². The van der Waals surface area contributed by atoms with Crippen molar-refractivity contribution in [2.75, 3.05) is 37.9 Å². The molecule has 10 nitrogen and oxygen atoms in total. The largest absolute Gasteiger partial charge is 0.494 e. The standard InChI is InChI=1S/C19H26O5S.C10H15ClO3S.C9H12O2/c1-18(2)15-9-10-19(18,17(20)13-15)14-25(21,22)24-12-6-11-23-16-7-4-3-5-8-16;1-9(2)7-3-4-10(9,8(12)5-7)6-15(11,13)14;10-7-4-8-11-9-5-2-1-3-6-9/h3-5,7-8,15H,6,9-14H2,1-2H3;7H,3-6H2,1-2H3;1-3,5-6,10H,4,7-8H2. The molecule has 4 saturated carbocycles. The maximum atomic E-state index is 12.4. The molecule has 2 aromatic rings. The predicted molar refractivity (Wildman–Crippen MR) is 197 cm³/mol. The van der Waals surface area contributed by atoms with Crippen LogP contribution in [-0.4, -0.2) is 71.4 Å². The van der Waals surface area contributed by atoms with Gasteiger partial charge in [-0.2, -0.15) is 8.42 Å². The molecule has 13 heteroatoms. The molecule has 4 aliphatic rings. The van der Waals surface area contributed by atoms with Crippen LogP contribution < -0.4 is 9.47 Å². The van der Waals surface area contributed by atoms with Gasteiger partial charge in [0, 0.05) is 48.4 Å². The van der Waals surface area contributed by atoms with E-state index in [9.17, 15) is 26.4 Å². The Hall–Kier alpha value is -2.51. The number of hydrogen-bond acceptors (Lipinski definition) is 10. The molecule has 4 atom stereocenters. The first-order valence-electron chi connectivity index (χ1n) is 17.7. The summed E-state index contributed by atoms with van der Waals surface area (Å²) < 4.78 is 63.2. The van der Waals surface area contributed by atoms with Crippen LogP contribution in [0.4, 0.5) is 0 Å². The Bertz CT molecular complexity index is 1700. The average Bonchev–Trinajstić information content (AvgIpc) is 3.59. The summed E-state index contributed by atoms with van der Waals surface area (Å²) in [5, 5.41) is 8.46. The highest BCUT2D eigenvalue weighted by molar-refractivity contribution is 8.13. The molecule has 0 saturated heterocycles. The van der Waals surface area contributed by atoms with Crippen LogP contribution in [0.5, 0.6) is 11.5 Å². The maximum Gasteiger partial charge on any atom is 0.268 e. The third kappa shape index (κ3) is 9.54. The zero-order valence-electron chi connectivity index (χ0n) is 30.1. The highest BCUT2D eigenvalue weighted by Gasteiger charge is 2.66. The van der Waals surface area contributed by atoms with Gasteiger partial charge in [-0.1, -0.05) is 64.1 Å². The van der Waals surface area contributed by atoms with Gasteiger partial charge in [-0.05, 0) is 72.6 Å². The smallest absolute Gasteiger partial charge is 0.268 e. The molecule has 0 aromatic heterocycles. The summed E-state index contributed by atoms with van der Waals surface area (Å²) in [6.07, 6.45) is 5.41. The highest BCUT2D eigenvalue weighted by atomic mass is 35.7. The third-order valence-corrected chi connectivity index (χ3v) is 14.5. The van der Waals surface area contributed by atoms with Gasteiger partial charge in [0.1, 0.15) is 23.1 Å². The van der Waals surface area contributed by atoms with Gasteiger partial charge < -0.3 is 14.6 Å². The van der Waals surface area contributed by atoms with Crippen molar-refractivity contribution in [3.05, 3.63) is 60.7 Å². The van der Waals surface area contributed by atoms with E-state index in [0.717, 1.165) is 24.3 Å². The zero-order valence-corrected chi connectivity index (χ0v) is 32.5. The van der Waals surface area contributed by atoms with Crippen molar-refractivity contribution < 1.29 is 45.2 Å². The number of aliphatic hydroxyl groups excluding tert-OH is 1.